The fourth-order valence-corrected chi connectivity index (χ4v) is 4.57. The number of rotatable bonds is 4. The summed E-state index contributed by atoms with van der Waals surface area (Å²) in [4.78, 5) is 24.9. The summed E-state index contributed by atoms with van der Waals surface area (Å²) in [7, 11) is 1.86. The quantitative estimate of drug-likeness (QED) is 0.439. The lowest BCUT2D eigenvalue weighted by molar-refractivity contribution is 0.0395. The molecular formula is C24H24ClFN6O2. The molecule has 8 nitrogen and oxygen atoms in total. The molecule has 1 aliphatic rings. The van der Waals surface area contributed by atoms with Gasteiger partial charge >= 0.3 is 0 Å². The molecular weight excluding hydrogens is 459 g/mol. The number of halogens is 2. The van der Waals surface area contributed by atoms with Gasteiger partial charge in [0.2, 0.25) is 0 Å². The van der Waals surface area contributed by atoms with Crippen molar-refractivity contribution < 1.29 is 9.13 Å². The summed E-state index contributed by atoms with van der Waals surface area (Å²) in [5, 5.41) is 4.80. The molecule has 0 aliphatic carbocycles. The van der Waals surface area contributed by atoms with Crippen molar-refractivity contribution in [1.82, 2.24) is 24.3 Å². The first-order valence-electron chi connectivity index (χ1n) is 11.1. The number of morpholine rings is 1. The summed E-state index contributed by atoms with van der Waals surface area (Å²) in [5.41, 5.74) is 1.66. The third kappa shape index (κ3) is 3.95. The van der Waals surface area contributed by atoms with Crippen LogP contribution in [0.3, 0.4) is 0 Å². The molecule has 0 spiro atoms. The van der Waals surface area contributed by atoms with E-state index in [2.05, 4.69) is 15.0 Å². The fourth-order valence-electron chi connectivity index (χ4n) is 4.41. The first-order valence-corrected chi connectivity index (χ1v) is 11.5. The van der Waals surface area contributed by atoms with E-state index in [9.17, 15) is 4.79 Å². The number of benzene rings is 1. The van der Waals surface area contributed by atoms with Gasteiger partial charge in [0.05, 0.1) is 29.4 Å². The van der Waals surface area contributed by atoms with Gasteiger partial charge in [-0.05, 0) is 32.0 Å². The van der Waals surface area contributed by atoms with Crippen LogP contribution in [0.4, 0.5) is 10.2 Å². The number of pyridine rings is 1. The Labute approximate surface area is 200 Å². The van der Waals surface area contributed by atoms with Crippen LogP contribution in [0, 0.1) is 12.7 Å². The van der Waals surface area contributed by atoms with Crippen molar-refractivity contribution in [3.8, 4) is 11.3 Å². The maximum atomic E-state index is 15.0. The van der Waals surface area contributed by atoms with Crippen LogP contribution in [0.5, 0.6) is 0 Å². The van der Waals surface area contributed by atoms with Crippen LogP contribution in [0.1, 0.15) is 24.4 Å². The zero-order chi connectivity index (χ0) is 24.0. The van der Waals surface area contributed by atoms with E-state index in [0.717, 1.165) is 5.56 Å². The summed E-state index contributed by atoms with van der Waals surface area (Å²) < 4.78 is 24.3. The van der Waals surface area contributed by atoms with Crippen LogP contribution in [0.15, 0.2) is 41.5 Å². The van der Waals surface area contributed by atoms with Gasteiger partial charge in [0.1, 0.15) is 23.6 Å². The number of fused-ring (bicyclic) bond motifs is 1. The minimum Gasteiger partial charge on any atom is -0.370 e. The van der Waals surface area contributed by atoms with Gasteiger partial charge in [0, 0.05) is 55.1 Å². The second kappa shape index (κ2) is 8.81. The lowest BCUT2D eigenvalue weighted by atomic mass is 10.1. The second-order valence-corrected chi connectivity index (χ2v) is 8.75. The van der Waals surface area contributed by atoms with E-state index in [1.807, 2.05) is 20.2 Å². The SMILES string of the molecule is CCn1c(C)nc2cc(N3CCO[C@@H](c4cnn(C)c4)C3)nc(-c3ccc(Cl)cc3F)c2c1=O. The lowest BCUT2D eigenvalue weighted by Gasteiger charge is -2.33. The third-order valence-corrected chi connectivity index (χ3v) is 6.34. The number of anilines is 1. The summed E-state index contributed by atoms with van der Waals surface area (Å²) in [6, 6.07) is 6.17. The van der Waals surface area contributed by atoms with Gasteiger partial charge in [0.25, 0.3) is 5.56 Å². The molecule has 10 heteroatoms. The van der Waals surface area contributed by atoms with E-state index < -0.39 is 5.82 Å². The van der Waals surface area contributed by atoms with Gasteiger partial charge in [-0.3, -0.25) is 14.0 Å². The molecule has 5 rings (SSSR count). The number of nitrogens with zero attached hydrogens (tertiary/aromatic N) is 6. The van der Waals surface area contributed by atoms with Gasteiger partial charge in [-0.1, -0.05) is 11.6 Å². The molecule has 4 aromatic rings. The van der Waals surface area contributed by atoms with Crippen molar-refractivity contribution in [3.63, 3.8) is 0 Å². The minimum atomic E-state index is -0.545. The van der Waals surface area contributed by atoms with Gasteiger partial charge in [-0.25, -0.2) is 14.4 Å². The molecule has 4 heterocycles. The van der Waals surface area contributed by atoms with Crippen molar-refractivity contribution >= 4 is 28.3 Å². The molecule has 1 fully saturated rings. The standard InChI is InChI=1S/C24H24ClFN6O2/c1-4-32-14(2)28-19-10-21(31-7-8-34-20(13-31)15-11-27-30(3)12-15)29-23(22(19)24(32)33)17-6-5-16(25)9-18(17)26/h5-6,9-12,20H,4,7-8,13H2,1-3H3/t20-/m1/s1. The molecule has 1 aliphatic heterocycles. The predicted molar refractivity (Wildman–Crippen MR) is 129 cm³/mol. The highest BCUT2D eigenvalue weighted by atomic mass is 35.5. The van der Waals surface area contributed by atoms with Crippen molar-refractivity contribution in [2.45, 2.75) is 26.5 Å². The van der Waals surface area contributed by atoms with Gasteiger partial charge in [-0.15, -0.1) is 0 Å². The van der Waals surface area contributed by atoms with Crippen LogP contribution in [-0.2, 0) is 18.3 Å². The fraction of sp³-hybridized carbons (Fsp3) is 0.333. The second-order valence-electron chi connectivity index (χ2n) is 8.31. The molecule has 0 amide bonds. The summed E-state index contributed by atoms with van der Waals surface area (Å²) in [6.07, 6.45) is 3.53. The number of ether oxygens (including phenoxy) is 1. The summed E-state index contributed by atoms with van der Waals surface area (Å²) >= 11 is 5.98. The van der Waals surface area contributed by atoms with E-state index in [1.54, 1.807) is 40.6 Å². The highest BCUT2D eigenvalue weighted by Crippen LogP contribution is 2.32. The third-order valence-electron chi connectivity index (χ3n) is 6.11. The van der Waals surface area contributed by atoms with Crippen LogP contribution in [0.25, 0.3) is 22.2 Å². The molecule has 0 N–H and O–H groups in total. The number of hydrogen-bond donors (Lipinski definition) is 0. The number of hydrogen-bond acceptors (Lipinski definition) is 6. The predicted octanol–water partition coefficient (Wildman–Crippen LogP) is 3.89. The molecule has 1 saturated heterocycles. The maximum Gasteiger partial charge on any atom is 0.263 e. The zero-order valence-corrected chi connectivity index (χ0v) is 19.9. The molecule has 176 valence electrons. The Kier molecular flexibility index (Phi) is 5.83. The van der Waals surface area contributed by atoms with E-state index in [4.69, 9.17) is 21.3 Å². The number of aryl methyl sites for hydroxylation is 2. The minimum absolute atomic E-state index is 0.182. The van der Waals surface area contributed by atoms with Crippen molar-refractivity contribution in [2.24, 2.45) is 7.05 Å². The van der Waals surface area contributed by atoms with Crippen molar-refractivity contribution in [2.75, 3.05) is 24.6 Å². The molecule has 3 aromatic heterocycles. The lowest BCUT2D eigenvalue weighted by Crippen LogP contribution is -2.39. The van der Waals surface area contributed by atoms with E-state index in [-0.39, 0.29) is 33.3 Å². The first-order chi connectivity index (χ1) is 16.4. The average molecular weight is 483 g/mol. The Morgan fingerprint density at radius 2 is 2.09 bits per heavy atom. The zero-order valence-electron chi connectivity index (χ0n) is 19.1. The Morgan fingerprint density at radius 1 is 1.26 bits per heavy atom. The Morgan fingerprint density at radius 3 is 2.79 bits per heavy atom. The van der Waals surface area contributed by atoms with Crippen molar-refractivity contribution in [1.29, 1.82) is 0 Å². The molecule has 1 aromatic carbocycles. The molecule has 0 bridgehead atoms. The smallest absolute Gasteiger partial charge is 0.263 e. The first kappa shape index (κ1) is 22.5. The van der Waals surface area contributed by atoms with Crippen LogP contribution < -0.4 is 10.5 Å². The molecule has 0 saturated carbocycles. The highest BCUT2D eigenvalue weighted by Gasteiger charge is 2.26. The Bertz CT molecular complexity index is 1450. The Hall–Kier alpha value is -3.30. The van der Waals surface area contributed by atoms with Gasteiger partial charge in [-0.2, -0.15) is 5.10 Å². The average Bonchev–Trinajstić information content (AvgIpc) is 3.25. The largest absolute Gasteiger partial charge is 0.370 e. The Balaban J connectivity index is 1.68. The molecule has 1 atom stereocenters. The van der Waals surface area contributed by atoms with Crippen LogP contribution >= 0.6 is 11.6 Å². The topological polar surface area (TPSA) is 78.1 Å². The van der Waals surface area contributed by atoms with E-state index >= 15 is 4.39 Å². The summed E-state index contributed by atoms with van der Waals surface area (Å²) in [6.45, 7) is 5.75. The molecule has 0 unspecified atom stereocenters. The van der Waals surface area contributed by atoms with E-state index in [0.29, 0.717) is 43.4 Å². The molecule has 34 heavy (non-hydrogen) atoms. The van der Waals surface area contributed by atoms with Crippen LogP contribution in [0.2, 0.25) is 5.02 Å². The molecule has 0 radical (unpaired) electrons. The van der Waals surface area contributed by atoms with Gasteiger partial charge in [0.15, 0.2) is 0 Å². The van der Waals surface area contributed by atoms with Crippen molar-refractivity contribution in [3.05, 3.63) is 69.2 Å². The normalized spacial score (nSPS) is 16.4. The maximum absolute atomic E-state index is 15.0. The van der Waals surface area contributed by atoms with Gasteiger partial charge < -0.3 is 9.64 Å². The van der Waals surface area contributed by atoms with Crippen LogP contribution in [-0.4, -0.2) is 44.0 Å². The highest BCUT2D eigenvalue weighted by molar-refractivity contribution is 6.30. The monoisotopic (exact) mass is 482 g/mol. The number of aromatic nitrogens is 5. The van der Waals surface area contributed by atoms with E-state index in [1.165, 1.54) is 6.07 Å². The summed E-state index contributed by atoms with van der Waals surface area (Å²) in [5.74, 6) is 0.654.